The van der Waals surface area contributed by atoms with Crippen LogP contribution in [0.4, 0.5) is 0 Å². The summed E-state index contributed by atoms with van der Waals surface area (Å²) in [5.74, 6) is -0.206. The number of nitrogens with one attached hydrogen (secondary N) is 1. The van der Waals surface area contributed by atoms with Crippen molar-refractivity contribution in [1.29, 1.82) is 0 Å². The minimum absolute atomic E-state index is 0.206. The zero-order valence-corrected chi connectivity index (χ0v) is 18.0. The van der Waals surface area contributed by atoms with Crippen LogP contribution in [0.2, 0.25) is 0 Å². The SMILES string of the molecule is CCN(CC)S(=O)(=O)c1ccc(CNC(=O)/C=C/c2cccc3ccccc23)cc1. The Morgan fingerprint density at radius 1 is 0.933 bits per heavy atom. The summed E-state index contributed by atoms with van der Waals surface area (Å²) in [6.45, 7) is 4.82. The maximum atomic E-state index is 12.5. The molecule has 3 rings (SSSR count). The molecule has 1 N–H and O–H groups in total. The fourth-order valence-electron chi connectivity index (χ4n) is 3.30. The largest absolute Gasteiger partial charge is 0.348 e. The lowest BCUT2D eigenvalue weighted by atomic mass is 10.0. The molecule has 156 valence electrons. The molecule has 3 aromatic rings. The van der Waals surface area contributed by atoms with Gasteiger partial charge in [0, 0.05) is 25.7 Å². The molecule has 0 aromatic heterocycles. The highest BCUT2D eigenvalue weighted by atomic mass is 32.2. The van der Waals surface area contributed by atoms with E-state index in [0.29, 0.717) is 19.6 Å². The number of hydrogen-bond donors (Lipinski definition) is 1. The van der Waals surface area contributed by atoms with E-state index in [-0.39, 0.29) is 10.8 Å². The first-order valence-electron chi connectivity index (χ1n) is 9.98. The summed E-state index contributed by atoms with van der Waals surface area (Å²) in [5, 5.41) is 5.05. The molecule has 6 heteroatoms. The highest BCUT2D eigenvalue weighted by Gasteiger charge is 2.21. The Hall–Kier alpha value is -2.96. The molecule has 0 aliphatic heterocycles. The van der Waals surface area contributed by atoms with Crippen LogP contribution in [-0.4, -0.2) is 31.7 Å². The molecule has 0 saturated heterocycles. The minimum atomic E-state index is -3.47. The van der Waals surface area contributed by atoms with Crippen molar-refractivity contribution in [3.8, 4) is 0 Å². The van der Waals surface area contributed by atoms with Crippen molar-refractivity contribution < 1.29 is 13.2 Å². The Kier molecular flexibility index (Phi) is 7.03. The Morgan fingerprint density at radius 3 is 2.30 bits per heavy atom. The molecule has 1 amide bonds. The van der Waals surface area contributed by atoms with Crippen LogP contribution in [-0.2, 0) is 21.4 Å². The second kappa shape index (κ2) is 9.69. The van der Waals surface area contributed by atoms with Gasteiger partial charge >= 0.3 is 0 Å². The summed E-state index contributed by atoms with van der Waals surface area (Å²) >= 11 is 0. The van der Waals surface area contributed by atoms with Gasteiger partial charge in [-0.3, -0.25) is 4.79 Å². The van der Waals surface area contributed by atoms with E-state index < -0.39 is 10.0 Å². The lowest BCUT2D eigenvalue weighted by Crippen LogP contribution is -2.30. The first-order valence-corrected chi connectivity index (χ1v) is 11.4. The van der Waals surface area contributed by atoms with Crippen LogP contribution in [0.5, 0.6) is 0 Å². The van der Waals surface area contributed by atoms with Crippen molar-refractivity contribution >= 4 is 32.8 Å². The lowest BCUT2D eigenvalue weighted by Gasteiger charge is -2.18. The van der Waals surface area contributed by atoms with E-state index in [1.807, 2.05) is 56.3 Å². The van der Waals surface area contributed by atoms with Crippen molar-refractivity contribution in [3.63, 3.8) is 0 Å². The molecule has 0 fully saturated rings. The van der Waals surface area contributed by atoms with Crippen LogP contribution in [0, 0.1) is 0 Å². The number of benzene rings is 3. The Morgan fingerprint density at radius 2 is 1.60 bits per heavy atom. The molecule has 30 heavy (non-hydrogen) atoms. The minimum Gasteiger partial charge on any atom is -0.348 e. The van der Waals surface area contributed by atoms with Gasteiger partial charge in [0.05, 0.1) is 4.90 Å². The van der Waals surface area contributed by atoms with Gasteiger partial charge in [0.15, 0.2) is 0 Å². The average molecular weight is 423 g/mol. The van der Waals surface area contributed by atoms with E-state index in [0.717, 1.165) is 21.9 Å². The Bertz CT molecular complexity index is 1140. The van der Waals surface area contributed by atoms with Crippen molar-refractivity contribution in [1.82, 2.24) is 9.62 Å². The first-order chi connectivity index (χ1) is 14.5. The number of carbonyl (C=O) groups excluding carboxylic acids is 1. The topological polar surface area (TPSA) is 66.5 Å². The summed E-state index contributed by atoms with van der Waals surface area (Å²) in [6.07, 6.45) is 3.32. The molecule has 0 saturated carbocycles. The summed E-state index contributed by atoms with van der Waals surface area (Å²) in [7, 11) is -3.47. The van der Waals surface area contributed by atoms with E-state index in [9.17, 15) is 13.2 Å². The third-order valence-corrected chi connectivity index (χ3v) is 7.04. The first kappa shape index (κ1) is 21.7. The van der Waals surface area contributed by atoms with Gasteiger partial charge in [0.1, 0.15) is 0 Å². The molecule has 5 nitrogen and oxygen atoms in total. The maximum absolute atomic E-state index is 12.5. The van der Waals surface area contributed by atoms with Gasteiger partial charge in [-0.15, -0.1) is 0 Å². The van der Waals surface area contributed by atoms with E-state index in [4.69, 9.17) is 0 Å². The molecule has 0 atom stereocenters. The van der Waals surface area contributed by atoms with Crippen LogP contribution < -0.4 is 5.32 Å². The number of carbonyl (C=O) groups is 1. The van der Waals surface area contributed by atoms with Gasteiger partial charge in [-0.25, -0.2) is 8.42 Å². The second-order valence-electron chi connectivity index (χ2n) is 6.85. The van der Waals surface area contributed by atoms with Crippen LogP contribution in [0.15, 0.2) is 77.7 Å². The summed E-state index contributed by atoms with van der Waals surface area (Å²) in [5.41, 5.74) is 1.81. The fourth-order valence-corrected chi connectivity index (χ4v) is 4.76. The molecule has 0 radical (unpaired) electrons. The van der Waals surface area contributed by atoms with Crippen molar-refractivity contribution in [2.45, 2.75) is 25.3 Å². The number of amides is 1. The van der Waals surface area contributed by atoms with Crippen molar-refractivity contribution in [3.05, 3.63) is 83.9 Å². The van der Waals surface area contributed by atoms with Gasteiger partial charge < -0.3 is 5.32 Å². The number of hydrogen-bond acceptors (Lipinski definition) is 3. The third kappa shape index (κ3) is 4.96. The summed E-state index contributed by atoms with van der Waals surface area (Å²) in [6, 6.07) is 20.6. The maximum Gasteiger partial charge on any atom is 0.244 e. The van der Waals surface area contributed by atoms with Crippen LogP contribution >= 0.6 is 0 Å². The zero-order valence-electron chi connectivity index (χ0n) is 17.2. The van der Waals surface area contributed by atoms with Crippen LogP contribution in [0.25, 0.3) is 16.8 Å². The standard InChI is InChI=1S/C24H26N2O3S/c1-3-26(4-2)30(28,29)22-15-12-19(13-16-22)18-25-24(27)17-14-21-10-7-9-20-8-5-6-11-23(20)21/h5-17H,3-4,18H2,1-2H3,(H,25,27)/b17-14+. The monoisotopic (exact) mass is 422 g/mol. The van der Waals surface area contributed by atoms with Gasteiger partial charge in [-0.05, 0) is 40.1 Å². The smallest absolute Gasteiger partial charge is 0.244 e. The number of sulfonamides is 1. The molecular weight excluding hydrogens is 396 g/mol. The molecule has 0 aliphatic carbocycles. The third-order valence-electron chi connectivity index (χ3n) is 4.97. The molecule has 0 spiro atoms. The highest BCUT2D eigenvalue weighted by molar-refractivity contribution is 7.89. The predicted octanol–water partition coefficient (Wildman–Crippen LogP) is 4.20. The highest BCUT2D eigenvalue weighted by Crippen LogP contribution is 2.19. The second-order valence-corrected chi connectivity index (χ2v) is 8.79. The van der Waals surface area contributed by atoms with E-state index >= 15 is 0 Å². The van der Waals surface area contributed by atoms with Crippen molar-refractivity contribution in [2.24, 2.45) is 0 Å². The predicted molar refractivity (Wildman–Crippen MR) is 121 cm³/mol. The van der Waals surface area contributed by atoms with Gasteiger partial charge in [0.25, 0.3) is 0 Å². The van der Waals surface area contributed by atoms with E-state index in [1.54, 1.807) is 30.3 Å². The zero-order chi connectivity index (χ0) is 21.6. The Balaban J connectivity index is 1.63. The van der Waals surface area contributed by atoms with Gasteiger partial charge in [-0.1, -0.05) is 68.4 Å². The molecule has 0 unspecified atom stereocenters. The summed E-state index contributed by atoms with van der Waals surface area (Å²) < 4.78 is 26.5. The number of rotatable bonds is 8. The molecule has 0 heterocycles. The quantitative estimate of drug-likeness (QED) is 0.553. The molecule has 0 bridgehead atoms. The van der Waals surface area contributed by atoms with E-state index in [2.05, 4.69) is 5.32 Å². The average Bonchev–Trinajstić information content (AvgIpc) is 2.77. The van der Waals surface area contributed by atoms with Crippen LogP contribution in [0.3, 0.4) is 0 Å². The normalized spacial score (nSPS) is 12.0. The Labute approximate surface area is 178 Å². The fraction of sp³-hybridized carbons (Fsp3) is 0.208. The summed E-state index contributed by atoms with van der Waals surface area (Å²) in [4.78, 5) is 12.5. The molecular formula is C24H26N2O3S. The molecule has 3 aromatic carbocycles. The molecule has 0 aliphatic rings. The number of fused-ring (bicyclic) bond motifs is 1. The van der Waals surface area contributed by atoms with Gasteiger partial charge in [-0.2, -0.15) is 4.31 Å². The number of nitrogens with zero attached hydrogens (tertiary/aromatic N) is 1. The van der Waals surface area contributed by atoms with Crippen LogP contribution in [0.1, 0.15) is 25.0 Å². The van der Waals surface area contributed by atoms with Crippen molar-refractivity contribution in [2.75, 3.05) is 13.1 Å². The lowest BCUT2D eigenvalue weighted by molar-refractivity contribution is -0.116. The van der Waals surface area contributed by atoms with Gasteiger partial charge in [0.2, 0.25) is 15.9 Å². The van der Waals surface area contributed by atoms with E-state index in [1.165, 1.54) is 10.4 Å².